The van der Waals surface area contributed by atoms with E-state index in [0.29, 0.717) is 11.6 Å². The second kappa shape index (κ2) is 7.38. The third-order valence-electron chi connectivity index (χ3n) is 3.45. The molecule has 2 aromatic rings. The fourth-order valence-electron chi connectivity index (χ4n) is 2.23. The van der Waals surface area contributed by atoms with Crippen molar-refractivity contribution in [3.63, 3.8) is 0 Å². The van der Waals surface area contributed by atoms with Gasteiger partial charge in [0.05, 0.1) is 18.2 Å². The first-order valence-corrected chi connectivity index (χ1v) is 7.25. The van der Waals surface area contributed by atoms with Crippen molar-refractivity contribution in [2.45, 2.75) is 19.7 Å². The number of alkyl halides is 3. The Bertz CT molecular complexity index is 783. The van der Waals surface area contributed by atoms with Crippen molar-refractivity contribution >= 4 is 11.8 Å². The van der Waals surface area contributed by atoms with Crippen molar-refractivity contribution in [2.24, 2.45) is 0 Å². The summed E-state index contributed by atoms with van der Waals surface area (Å²) in [6, 6.07) is 10.1. The Hall–Kier alpha value is -2.83. The molecule has 4 nitrogen and oxygen atoms in total. The van der Waals surface area contributed by atoms with E-state index in [9.17, 15) is 22.8 Å². The highest BCUT2D eigenvalue weighted by atomic mass is 19.4. The van der Waals surface area contributed by atoms with E-state index in [2.05, 4.69) is 4.74 Å². The first-order valence-electron chi connectivity index (χ1n) is 7.25. The Morgan fingerprint density at radius 3 is 2.20 bits per heavy atom. The molecule has 25 heavy (non-hydrogen) atoms. The minimum absolute atomic E-state index is 0.121. The van der Waals surface area contributed by atoms with Crippen LogP contribution in [-0.2, 0) is 17.5 Å². The largest absolute Gasteiger partial charge is 0.488 e. The predicted molar refractivity (Wildman–Crippen MR) is 83.6 cm³/mol. The zero-order valence-corrected chi connectivity index (χ0v) is 13.5. The van der Waals surface area contributed by atoms with Crippen molar-refractivity contribution in [3.05, 3.63) is 64.7 Å². The highest BCUT2D eigenvalue weighted by Gasteiger charge is 2.36. The van der Waals surface area contributed by atoms with E-state index in [1.807, 2.05) is 0 Å². The Morgan fingerprint density at radius 2 is 1.68 bits per heavy atom. The summed E-state index contributed by atoms with van der Waals surface area (Å²) in [4.78, 5) is 23.5. The minimum atomic E-state index is -4.75. The maximum absolute atomic E-state index is 13.3. The molecule has 2 aromatic carbocycles. The zero-order chi connectivity index (χ0) is 18.6. The summed E-state index contributed by atoms with van der Waals surface area (Å²) in [5, 5.41) is 0. The van der Waals surface area contributed by atoms with Crippen molar-refractivity contribution in [3.8, 4) is 5.75 Å². The molecule has 0 saturated heterocycles. The number of methoxy groups -OCH3 is 1. The number of halogens is 3. The van der Waals surface area contributed by atoms with E-state index in [0.717, 1.165) is 20.1 Å². The maximum Gasteiger partial charge on any atom is 0.419 e. The predicted octanol–water partition coefficient (Wildman–Crippen LogP) is 4.27. The number of esters is 1. The van der Waals surface area contributed by atoms with Gasteiger partial charge in [-0.05, 0) is 24.6 Å². The van der Waals surface area contributed by atoms with Crippen molar-refractivity contribution in [1.29, 1.82) is 0 Å². The van der Waals surface area contributed by atoms with Crippen molar-refractivity contribution in [1.82, 2.24) is 0 Å². The molecule has 0 atom stereocenters. The monoisotopic (exact) mass is 352 g/mol. The lowest BCUT2D eigenvalue weighted by molar-refractivity contribution is -0.139. The standard InChI is InChI=1S/C18H15F3O4/c1-11(22)13-8-15(18(19,20)21)16(9-14(13)17(23)24-2)25-10-12-6-4-3-5-7-12/h3-9H,10H2,1-2H3. The molecule has 0 aromatic heterocycles. The molecule has 2 rings (SSSR count). The smallest absolute Gasteiger partial charge is 0.419 e. The highest BCUT2D eigenvalue weighted by molar-refractivity contribution is 6.05. The number of ether oxygens (including phenoxy) is 2. The molecule has 0 saturated carbocycles. The lowest BCUT2D eigenvalue weighted by Crippen LogP contribution is -2.15. The average molecular weight is 352 g/mol. The lowest BCUT2D eigenvalue weighted by atomic mass is 9.99. The summed E-state index contributed by atoms with van der Waals surface area (Å²) in [5.41, 5.74) is -1.11. The molecule has 0 fully saturated rings. The SMILES string of the molecule is COC(=O)c1cc(OCc2ccccc2)c(C(F)(F)F)cc1C(C)=O. The molecule has 0 N–H and O–H groups in total. The molecule has 0 aliphatic carbocycles. The molecule has 0 amide bonds. The molecular weight excluding hydrogens is 337 g/mol. The van der Waals surface area contributed by atoms with Gasteiger partial charge in [-0.15, -0.1) is 0 Å². The van der Waals surface area contributed by atoms with E-state index in [1.165, 1.54) is 0 Å². The number of rotatable bonds is 5. The van der Waals surface area contributed by atoms with E-state index in [1.54, 1.807) is 30.3 Å². The molecule has 0 aliphatic heterocycles. The highest BCUT2D eigenvalue weighted by Crippen LogP contribution is 2.38. The topological polar surface area (TPSA) is 52.6 Å². The van der Waals surface area contributed by atoms with Gasteiger partial charge in [0, 0.05) is 5.56 Å². The summed E-state index contributed by atoms with van der Waals surface area (Å²) in [7, 11) is 1.08. The van der Waals surface area contributed by atoms with Crippen LogP contribution in [0.5, 0.6) is 5.75 Å². The van der Waals surface area contributed by atoms with Gasteiger partial charge in [0.1, 0.15) is 12.4 Å². The van der Waals surface area contributed by atoms with Gasteiger partial charge in [-0.25, -0.2) is 4.79 Å². The Kier molecular flexibility index (Phi) is 5.46. The maximum atomic E-state index is 13.3. The van der Waals surface area contributed by atoms with Gasteiger partial charge in [-0.1, -0.05) is 30.3 Å². The van der Waals surface area contributed by atoms with E-state index in [-0.39, 0.29) is 17.7 Å². The van der Waals surface area contributed by atoms with Crippen LogP contribution in [0.2, 0.25) is 0 Å². The van der Waals surface area contributed by atoms with E-state index >= 15 is 0 Å². The summed E-state index contributed by atoms with van der Waals surface area (Å²) in [5.74, 6) is -2.13. The van der Waals surface area contributed by atoms with Crippen LogP contribution in [0.1, 0.15) is 38.8 Å². The summed E-state index contributed by atoms with van der Waals surface area (Å²) < 4.78 is 49.8. The first-order chi connectivity index (χ1) is 11.7. The van der Waals surface area contributed by atoms with Crippen LogP contribution < -0.4 is 4.74 Å². The number of carbonyl (C=O) groups is 2. The van der Waals surface area contributed by atoms with Crippen LogP contribution in [-0.4, -0.2) is 18.9 Å². The first kappa shape index (κ1) is 18.5. The Labute approximate surface area is 142 Å². The Morgan fingerprint density at radius 1 is 1.04 bits per heavy atom. The molecule has 0 heterocycles. The summed E-state index contributed by atoms with van der Waals surface area (Å²) >= 11 is 0. The molecule has 0 spiro atoms. The van der Waals surface area contributed by atoms with Gasteiger partial charge in [0.2, 0.25) is 0 Å². The quantitative estimate of drug-likeness (QED) is 0.596. The van der Waals surface area contributed by atoms with Gasteiger partial charge in [-0.2, -0.15) is 13.2 Å². The molecule has 0 bridgehead atoms. The number of benzene rings is 2. The second-order valence-electron chi connectivity index (χ2n) is 5.21. The van der Waals surface area contributed by atoms with Gasteiger partial charge >= 0.3 is 12.1 Å². The zero-order valence-electron chi connectivity index (χ0n) is 13.5. The van der Waals surface area contributed by atoms with Crippen LogP contribution in [0.15, 0.2) is 42.5 Å². The third-order valence-corrected chi connectivity index (χ3v) is 3.45. The third kappa shape index (κ3) is 4.37. The van der Waals surface area contributed by atoms with Gasteiger partial charge in [-0.3, -0.25) is 4.79 Å². The van der Waals surface area contributed by atoms with Crippen molar-refractivity contribution < 1.29 is 32.2 Å². The molecule has 0 radical (unpaired) electrons. The molecular formula is C18H15F3O4. The molecule has 132 valence electrons. The van der Waals surface area contributed by atoms with Crippen LogP contribution in [0, 0.1) is 0 Å². The number of Topliss-reactive ketones (excluding diaryl/α,β-unsaturated/α-hetero) is 1. The van der Waals surface area contributed by atoms with Crippen molar-refractivity contribution in [2.75, 3.05) is 7.11 Å². The summed E-state index contributed by atoms with van der Waals surface area (Å²) in [6.07, 6.45) is -4.75. The number of ketones is 1. The number of hydrogen-bond donors (Lipinski definition) is 0. The molecule has 0 unspecified atom stereocenters. The number of carbonyl (C=O) groups excluding carboxylic acids is 2. The minimum Gasteiger partial charge on any atom is -0.488 e. The van der Waals surface area contributed by atoms with Gasteiger partial charge in [0.25, 0.3) is 0 Å². The number of hydrogen-bond acceptors (Lipinski definition) is 4. The molecule has 7 heteroatoms. The van der Waals surface area contributed by atoms with Gasteiger partial charge in [0.15, 0.2) is 5.78 Å². The Balaban J connectivity index is 2.51. The fraction of sp³-hybridized carbons (Fsp3) is 0.222. The second-order valence-corrected chi connectivity index (χ2v) is 5.21. The van der Waals surface area contributed by atoms with E-state index < -0.39 is 29.2 Å². The van der Waals surface area contributed by atoms with Crippen LogP contribution in [0.4, 0.5) is 13.2 Å². The normalized spacial score (nSPS) is 11.1. The van der Waals surface area contributed by atoms with Crippen LogP contribution in [0.3, 0.4) is 0 Å². The lowest BCUT2D eigenvalue weighted by Gasteiger charge is -2.17. The van der Waals surface area contributed by atoms with Crippen LogP contribution in [0.25, 0.3) is 0 Å². The fourth-order valence-corrected chi connectivity index (χ4v) is 2.23. The molecule has 0 aliphatic rings. The average Bonchev–Trinajstić information content (AvgIpc) is 2.58. The van der Waals surface area contributed by atoms with E-state index in [4.69, 9.17) is 4.74 Å². The summed E-state index contributed by atoms with van der Waals surface area (Å²) in [6.45, 7) is 0.955. The van der Waals surface area contributed by atoms with Gasteiger partial charge < -0.3 is 9.47 Å². The van der Waals surface area contributed by atoms with Crippen LogP contribution >= 0.6 is 0 Å².